The molecule has 17 heavy (non-hydrogen) atoms. The van der Waals surface area contributed by atoms with Crippen LogP contribution in [0.2, 0.25) is 0 Å². The molecule has 0 aliphatic heterocycles. The molecule has 0 fully saturated rings. The van der Waals surface area contributed by atoms with E-state index in [1.165, 1.54) is 22.3 Å². The van der Waals surface area contributed by atoms with Crippen LogP contribution in [0.1, 0.15) is 35.6 Å². The first-order valence-electron chi connectivity index (χ1n) is 6.21. The number of hydrogen-bond acceptors (Lipinski definition) is 0. The maximum absolute atomic E-state index is 3.10. The third kappa shape index (κ3) is 1.55. The van der Waals surface area contributed by atoms with Crippen molar-refractivity contribution in [1.82, 2.24) is 0 Å². The van der Waals surface area contributed by atoms with Gasteiger partial charge in [-0.05, 0) is 35.1 Å². The standard InChI is InChI=1S/C16H17P/c1-2-16(17)14-9-5-3-7-12(14)11-13-8-4-6-10-15(13)16/h3-10H,2,11,17H2,1H3. The van der Waals surface area contributed by atoms with E-state index in [1.807, 2.05) is 0 Å². The minimum absolute atomic E-state index is 0.103. The third-order valence-electron chi connectivity index (χ3n) is 3.93. The summed E-state index contributed by atoms with van der Waals surface area (Å²) in [5, 5.41) is 0.103. The smallest absolute Gasteiger partial charge is 0.0347 e. The summed E-state index contributed by atoms with van der Waals surface area (Å²) in [6.45, 7) is 2.27. The average molecular weight is 240 g/mol. The topological polar surface area (TPSA) is 0 Å². The number of fused-ring (bicyclic) bond motifs is 2. The van der Waals surface area contributed by atoms with Gasteiger partial charge in [-0.1, -0.05) is 55.5 Å². The highest BCUT2D eigenvalue weighted by molar-refractivity contribution is 7.19. The van der Waals surface area contributed by atoms with Gasteiger partial charge in [0.05, 0.1) is 0 Å². The predicted octanol–water partition coefficient (Wildman–Crippen LogP) is 4.12. The molecular weight excluding hydrogens is 223 g/mol. The molecular formula is C16H17P. The molecule has 1 atom stereocenters. The van der Waals surface area contributed by atoms with Crippen molar-refractivity contribution in [3.8, 4) is 0 Å². The van der Waals surface area contributed by atoms with Gasteiger partial charge in [-0.3, -0.25) is 0 Å². The lowest BCUT2D eigenvalue weighted by Crippen LogP contribution is -2.26. The predicted molar refractivity (Wildman–Crippen MR) is 76.5 cm³/mol. The Morgan fingerprint density at radius 3 is 1.88 bits per heavy atom. The second kappa shape index (κ2) is 3.96. The molecule has 86 valence electrons. The molecule has 3 rings (SSSR count). The SMILES string of the molecule is CCC1(P)c2ccccc2Cc2ccccc21. The molecule has 1 aliphatic rings. The normalized spacial score (nSPS) is 16.1. The summed E-state index contributed by atoms with van der Waals surface area (Å²) in [6.07, 6.45) is 2.19. The van der Waals surface area contributed by atoms with E-state index in [9.17, 15) is 0 Å². The van der Waals surface area contributed by atoms with E-state index in [0.717, 1.165) is 12.8 Å². The van der Waals surface area contributed by atoms with Gasteiger partial charge in [0.15, 0.2) is 0 Å². The zero-order valence-electron chi connectivity index (χ0n) is 10.1. The maximum atomic E-state index is 3.10. The zero-order valence-corrected chi connectivity index (χ0v) is 11.3. The molecule has 0 spiro atoms. The first-order valence-corrected chi connectivity index (χ1v) is 6.79. The van der Waals surface area contributed by atoms with Crippen molar-refractivity contribution < 1.29 is 0 Å². The van der Waals surface area contributed by atoms with Crippen LogP contribution in [0.25, 0.3) is 0 Å². The number of hydrogen-bond donors (Lipinski definition) is 0. The van der Waals surface area contributed by atoms with Gasteiger partial charge in [0, 0.05) is 5.16 Å². The molecule has 2 aromatic carbocycles. The quantitative estimate of drug-likeness (QED) is 0.658. The molecule has 0 saturated heterocycles. The Bertz CT molecular complexity index is 511. The molecule has 0 radical (unpaired) electrons. The second-order valence-electron chi connectivity index (χ2n) is 4.82. The van der Waals surface area contributed by atoms with Crippen molar-refractivity contribution >= 4 is 9.24 Å². The molecule has 1 unspecified atom stereocenters. The van der Waals surface area contributed by atoms with Crippen molar-refractivity contribution in [2.24, 2.45) is 0 Å². The van der Waals surface area contributed by atoms with Gasteiger partial charge in [0.1, 0.15) is 0 Å². The molecule has 1 aliphatic carbocycles. The van der Waals surface area contributed by atoms with Crippen LogP contribution in [0.15, 0.2) is 48.5 Å². The molecule has 0 saturated carbocycles. The molecule has 0 heterocycles. The van der Waals surface area contributed by atoms with E-state index >= 15 is 0 Å². The average Bonchev–Trinajstić information content (AvgIpc) is 2.39. The highest BCUT2D eigenvalue weighted by atomic mass is 31.0. The summed E-state index contributed by atoms with van der Waals surface area (Å²) in [6, 6.07) is 17.7. The van der Waals surface area contributed by atoms with Crippen molar-refractivity contribution in [2.45, 2.75) is 24.9 Å². The Morgan fingerprint density at radius 1 is 0.941 bits per heavy atom. The molecule has 1 heteroatoms. The Morgan fingerprint density at radius 2 is 1.41 bits per heavy atom. The van der Waals surface area contributed by atoms with Gasteiger partial charge in [-0.25, -0.2) is 0 Å². The van der Waals surface area contributed by atoms with E-state index in [0.29, 0.717) is 0 Å². The highest BCUT2D eigenvalue weighted by Gasteiger charge is 2.34. The maximum Gasteiger partial charge on any atom is 0.0347 e. The first kappa shape index (κ1) is 11.0. The lowest BCUT2D eigenvalue weighted by Gasteiger charge is -2.37. The fourth-order valence-corrected chi connectivity index (χ4v) is 3.51. The summed E-state index contributed by atoms with van der Waals surface area (Å²) >= 11 is 0. The molecule has 0 bridgehead atoms. The van der Waals surface area contributed by atoms with Crippen molar-refractivity contribution in [3.63, 3.8) is 0 Å². The summed E-state index contributed by atoms with van der Waals surface area (Å²) < 4.78 is 0. The van der Waals surface area contributed by atoms with E-state index in [-0.39, 0.29) is 5.16 Å². The van der Waals surface area contributed by atoms with Gasteiger partial charge in [0.2, 0.25) is 0 Å². The van der Waals surface area contributed by atoms with Crippen LogP contribution in [0.5, 0.6) is 0 Å². The Kier molecular flexibility index (Phi) is 2.56. The van der Waals surface area contributed by atoms with E-state index in [4.69, 9.17) is 0 Å². The van der Waals surface area contributed by atoms with Crippen molar-refractivity contribution in [2.75, 3.05) is 0 Å². The van der Waals surface area contributed by atoms with Crippen LogP contribution < -0.4 is 0 Å². The second-order valence-corrected chi connectivity index (χ2v) is 5.80. The van der Waals surface area contributed by atoms with Gasteiger partial charge in [0.25, 0.3) is 0 Å². The van der Waals surface area contributed by atoms with Crippen molar-refractivity contribution in [1.29, 1.82) is 0 Å². The third-order valence-corrected chi connectivity index (χ3v) is 4.96. The van der Waals surface area contributed by atoms with Gasteiger partial charge < -0.3 is 0 Å². The molecule has 0 aromatic heterocycles. The molecule has 0 N–H and O–H groups in total. The lowest BCUT2D eigenvalue weighted by molar-refractivity contribution is 0.677. The fourth-order valence-electron chi connectivity index (χ4n) is 2.95. The van der Waals surface area contributed by atoms with Crippen LogP contribution in [0.4, 0.5) is 0 Å². The van der Waals surface area contributed by atoms with Crippen molar-refractivity contribution in [3.05, 3.63) is 70.8 Å². The molecule has 2 aromatic rings. The monoisotopic (exact) mass is 240 g/mol. The number of benzene rings is 2. The van der Waals surface area contributed by atoms with Crippen LogP contribution in [-0.2, 0) is 11.6 Å². The number of rotatable bonds is 1. The zero-order chi connectivity index (χ0) is 11.9. The Balaban J connectivity index is 2.28. The fraction of sp³-hybridized carbons (Fsp3) is 0.250. The molecule has 0 nitrogen and oxygen atoms in total. The summed E-state index contributed by atoms with van der Waals surface area (Å²) in [7, 11) is 3.10. The van der Waals surface area contributed by atoms with Crippen LogP contribution >= 0.6 is 9.24 Å². The summed E-state index contributed by atoms with van der Waals surface area (Å²) in [5.74, 6) is 0. The lowest BCUT2D eigenvalue weighted by atomic mass is 9.76. The largest absolute Gasteiger partial charge is 0.122 e. The summed E-state index contributed by atoms with van der Waals surface area (Å²) in [5.41, 5.74) is 5.91. The van der Waals surface area contributed by atoms with E-state index in [1.54, 1.807) is 0 Å². The van der Waals surface area contributed by atoms with Crippen LogP contribution in [0, 0.1) is 0 Å². The van der Waals surface area contributed by atoms with Gasteiger partial charge in [-0.2, -0.15) is 0 Å². The Labute approximate surface area is 105 Å². The van der Waals surface area contributed by atoms with E-state index < -0.39 is 0 Å². The van der Waals surface area contributed by atoms with Crippen LogP contribution in [-0.4, -0.2) is 0 Å². The Hall–Kier alpha value is -1.13. The van der Waals surface area contributed by atoms with Gasteiger partial charge in [-0.15, -0.1) is 9.24 Å². The first-order chi connectivity index (χ1) is 8.25. The van der Waals surface area contributed by atoms with Crippen LogP contribution in [0.3, 0.4) is 0 Å². The molecule has 0 amide bonds. The minimum Gasteiger partial charge on any atom is -0.122 e. The van der Waals surface area contributed by atoms with E-state index in [2.05, 4.69) is 64.7 Å². The van der Waals surface area contributed by atoms with Gasteiger partial charge >= 0.3 is 0 Å². The minimum atomic E-state index is 0.103. The summed E-state index contributed by atoms with van der Waals surface area (Å²) in [4.78, 5) is 0. The highest BCUT2D eigenvalue weighted by Crippen LogP contribution is 2.48.